The summed E-state index contributed by atoms with van der Waals surface area (Å²) in [6.07, 6.45) is 0.528. The molecule has 1 amide bonds. The Kier molecular flexibility index (Phi) is 4.57. The summed E-state index contributed by atoms with van der Waals surface area (Å²) in [4.78, 5) is 26.0. The van der Waals surface area contributed by atoms with Gasteiger partial charge < -0.3 is 4.74 Å². The summed E-state index contributed by atoms with van der Waals surface area (Å²) in [5, 5.41) is 0. The lowest BCUT2D eigenvalue weighted by Crippen LogP contribution is -2.30. The summed E-state index contributed by atoms with van der Waals surface area (Å²) < 4.78 is 18.6. The van der Waals surface area contributed by atoms with Gasteiger partial charge in [0.05, 0.1) is 5.69 Å². The monoisotopic (exact) mass is 289 g/mol. The molecular formula is C14H12FN3O3. The molecule has 108 valence electrons. The van der Waals surface area contributed by atoms with Crippen LogP contribution in [0.15, 0.2) is 36.4 Å². The van der Waals surface area contributed by atoms with E-state index in [-0.39, 0.29) is 23.6 Å². The minimum absolute atomic E-state index is 0.0213. The number of rotatable bonds is 5. The van der Waals surface area contributed by atoms with Gasteiger partial charge in [0, 0.05) is 11.6 Å². The summed E-state index contributed by atoms with van der Waals surface area (Å²) in [6.45, 7) is 0.0213. The van der Waals surface area contributed by atoms with E-state index < -0.39 is 11.7 Å². The zero-order chi connectivity index (χ0) is 15.2. The van der Waals surface area contributed by atoms with Crippen LogP contribution >= 0.6 is 0 Å². The third kappa shape index (κ3) is 3.83. The van der Waals surface area contributed by atoms with Crippen LogP contribution in [0.1, 0.15) is 26.5 Å². The molecule has 2 aromatic rings. The highest BCUT2D eigenvalue weighted by Gasteiger charge is 2.07. The molecule has 0 atom stereocenters. The molecule has 0 aliphatic rings. The number of hydrogen-bond donors (Lipinski definition) is 2. The zero-order valence-electron chi connectivity index (χ0n) is 10.9. The standard InChI is InChI=1S/C14H12FN3O3/c15-10-4-9(7-19)5-12(6-10)21-8-11-2-1-3-13(17-11)14(20)18-16/h1-7H,8,16H2,(H,18,20). The van der Waals surface area contributed by atoms with Crippen molar-refractivity contribution in [2.45, 2.75) is 6.61 Å². The van der Waals surface area contributed by atoms with Gasteiger partial charge in [0.25, 0.3) is 5.91 Å². The fourth-order valence-electron chi connectivity index (χ4n) is 1.65. The van der Waals surface area contributed by atoms with E-state index in [4.69, 9.17) is 10.6 Å². The molecule has 1 aromatic heterocycles. The molecule has 0 saturated heterocycles. The molecule has 1 aromatic carbocycles. The van der Waals surface area contributed by atoms with Gasteiger partial charge in [0.15, 0.2) is 0 Å². The molecule has 2 rings (SSSR count). The van der Waals surface area contributed by atoms with Crippen molar-refractivity contribution in [3.05, 3.63) is 59.2 Å². The summed E-state index contributed by atoms with van der Waals surface area (Å²) in [6, 6.07) is 8.44. The van der Waals surface area contributed by atoms with Crippen molar-refractivity contribution in [2.75, 3.05) is 0 Å². The van der Waals surface area contributed by atoms with Gasteiger partial charge in [-0.05, 0) is 24.3 Å². The Bertz CT molecular complexity index is 676. The molecule has 0 aliphatic carbocycles. The van der Waals surface area contributed by atoms with Gasteiger partial charge in [-0.25, -0.2) is 15.2 Å². The van der Waals surface area contributed by atoms with Crippen LogP contribution < -0.4 is 16.0 Å². The Hall–Kier alpha value is -2.80. The second kappa shape index (κ2) is 6.58. The number of nitrogen functional groups attached to an aromatic ring is 1. The van der Waals surface area contributed by atoms with Crippen LogP contribution in [0.3, 0.4) is 0 Å². The molecule has 7 heteroatoms. The number of amides is 1. The SMILES string of the molecule is NNC(=O)c1cccc(COc2cc(F)cc(C=O)c2)n1. The van der Waals surface area contributed by atoms with Crippen LogP contribution in [0.25, 0.3) is 0 Å². The number of carbonyl (C=O) groups excluding carboxylic acids is 2. The maximum Gasteiger partial charge on any atom is 0.283 e. The van der Waals surface area contributed by atoms with Crippen LogP contribution in [0.2, 0.25) is 0 Å². The van der Waals surface area contributed by atoms with E-state index in [2.05, 4.69) is 4.98 Å². The average molecular weight is 289 g/mol. The first kappa shape index (κ1) is 14.6. The highest BCUT2D eigenvalue weighted by molar-refractivity contribution is 5.91. The van der Waals surface area contributed by atoms with Gasteiger partial charge in [-0.3, -0.25) is 15.0 Å². The molecule has 0 fully saturated rings. The smallest absolute Gasteiger partial charge is 0.283 e. The molecule has 0 saturated carbocycles. The zero-order valence-corrected chi connectivity index (χ0v) is 10.9. The van der Waals surface area contributed by atoms with Gasteiger partial charge >= 0.3 is 0 Å². The van der Waals surface area contributed by atoms with Crippen molar-refractivity contribution in [3.8, 4) is 5.75 Å². The van der Waals surface area contributed by atoms with Gasteiger partial charge in [-0.1, -0.05) is 6.07 Å². The maximum atomic E-state index is 13.2. The van der Waals surface area contributed by atoms with E-state index in [1.165, 1.54) is 12.1 Å². The van der Waals surface area contributed by atoms with E-state index in [1.54, 1.807) is 12.1 Å². The number of halogens is 1. The quantitative estimate of drug-likeness (QED) is 0.373. The van der Waals surface area contributed by atoms with E-state index in [0.717, 1.165) is 12.1 Å². The minimum atomic E-state index is -0.571. The Morgan fingerprint density at radius 2 is 2.19 bits per heavy atom. The van der Waals surface area contributed by atoms with E-state index >= 15 is 0 Å². The van der Waals surface area contributed by atoms with E-state index in [0.29, 0.717) is 12.0 Å². The van der Waals surface area contributed by atoms with Crippen molar-refractivity contribution < 1.29 is 18.7 Å². The molecule has 3 N–H and O–H groups in total. The van der Waals surface area contributed by atoms with Crippen molar-refractivity contribution >= 4 is 12.2 Å². The Morgan fingerprint density at radius 3 is 2.90 bits per heavy atom. The van der Waals surface area contributed by atoms with Gasteiger partial charge in [-0.2, -0.15) is 0 Å². The average Bonchev–Trinajstić information content (AvgIpc) is 2.51. The summed E-state index contributed by atoms with van der Waals surface area (Å²) in [7, 11) is 0. The summed E-state index contributed by atoms with van der Waals surface area (Å²) >= 11 is 0. The highest BCUT2D eigenvalue weighted by Crippen LogP contribution is 2.16. The fourth-order valence-corrected chi connectivity index (χ4v) is 1.65. The molecule has 0 aliphatic heterocycles. The second-order valence-electron chi connectivity index (χ2n) is 4.11. The van der Waals surface area contributed by atoms with E-state index in [1.807, 2.05) is 5.43 Å². The van der Waals surface area contributed by atoms with E-state index in [9.17, 15) is 14.0 Å². The number of ether oxygens (including phenoxy) is 1. The van der Waals surface area contributed by atoms with Gasteiger partial charge in [0.2, 0.25) is 0 Å². The number of aldehydes is 1. The molecule has 0 radical (unpaired) electrons. The van der Waals surface area contributed by atoms with Crippen LogP contribution in [0.4, 0.5) is 4.39 Å². The predicted molar refractivity (Wildman–Crippen MR) is 72.0 cm³/mol. The van der Waals surface area contributed by atoms with Crippen LogP contribution in [-0.2, 0) is 6.61 Å². The molecule has 1 heterocycles. The number of nitrogens with one attached hydrogen (secondary N) is 1. The first-order valence-electron chi connectivity index (χ1n) is 5.98. The predicted octanol–water partition coefficient (Wildman–Crippen LogP) is 1.22. The molecule has 6 nitrogen and oxygen atoms in total. The Labute approximate surface area is 119 Å². The van der Waals surface area contributed by atoms with Gasteiger partial charge in [0.1, 0.15) is 30.2 Å². The van der Waals surface area contributed by atoms with Crippen LogP contribution in [0.5, 0.6) is 5.75 Å². The number of benzene rings is 1. The number of hydrazine groups is 1. The molecule has 0 bridgehead atoms. The summed E-state index contributed by atoms with van der Waals surface area (Å²) in [5.74, 6) is 4.13. The molecular weight excluding hydrogens is 277 g/mol. The molecule has 21 heavy (non-hydrogen) atoms. The lowest BCUT2D eigenvalue weighted by atomic mass is 10.2. The van der Waals surface area contributed by atoms with Crippen molar-refractivity contribution in [3.63, 3.8) is 0 Å². The van der Waals surface area contributed by atoms with Crippen molar-refractivity contribution in [1.29, 1.82) is 0 Å². The number of carbonyl (C=O) groups is 2. The second-order valence-corrected chi connectivity index (χ2v) is 4.11. The Morgan fingerprint density at radius 1 is 1.38 bits per heavy atom. The highest BCUT2D eigenvalue weighted by atomic mass is 19.1. The minimum Gasteiger partial charge on any atom is -0.487 e. The number of nitrogens with two attached hydrogens (primary N) is 1. The summed E-state index contributed by atoms with van der Waals surface area (Å²) in [5.41, 5.74) is 2.76. The number of hydrogen-bond acceptors (Lipinski definition) is 5. The lowest BCUT2D eigenvalue weighted by molar-refractivity contribution is 0.0948. The van der Waals surface area contributed by atoms with Crippen LogP contribution in [0, 0.1) is 5.82 Å². The third-order valence-electron chi connectivity index (χ3n) is 2.59. The number of nitrogens with zero attached hydrogens (tertiary/aromatic N) is 1. The lowest BCUT2D eigenvalue weighted by Gasteiger charge is -2.07. The number of pyridine rings is 1. The van der Waals surface area contributed by atoms with Gasteiger partial charge in [-0.15, -0.1) is 0 Å². The maximum absolute atomic E-state index is 13.2. The molecule has 0 spiro atoms. The topological polar surface area (TPSA) is 94.3 Å². The third-order valence-corrected chi connectivity index (χ3v) is 2.59. The van der Waals surface area contributed by atoms with Crippen LogP contribution in [-0.4, -0.2) is 17.2 Å². The number of aromatic nitrogens is 1. The molecule has 0 unspecified atom stereocenters. The Balaban J connectivity index is 2.11. The fraction of sp³-hybridized carbons (Fsp3) is 0.0714. The van der Waals surface area contributed by atoms with Crippen molar-refractivity contribution in [1.82, 2.24) is 10.4 Å². The largest absolute Gasteiger partial charge is 0.487 e. The normalized spacial score (nSPS) is 10.0. The first-order chi connectivity index (χ1) is 10.1. The van der Waals surface area contributed by atoms with Crippen molar-refractivity contribution in [2.24, 2.45) is 5.84 Å². The first-order valence-corrected chi connectivity index (χ1v) is 5.98.